The highest BCUT2D eigenvalue weighted by Crippen LogP contribution is 2.51. The van der Waals surface area contributed by atoms with Crippen molar-refractivity contribution in [3.05, 3.63) is 40.9 Å². The highest BCUT2D eigenvalue weighted by molar-refractivity contribution is 7.15. The van der Waals surface area contributed by atoms with E-state index >= 15 is 0 Å². The van der Waals surface area contributed by atoms with Crippen molar-refractivity contribution in [1.82, 2.24) is 20.1 Å². The average Bonchev–Trinajstić information content (AvgIpc) is 3.60. The average molecular weight is 587 g/mol. The summed E-state index contributed by atoms with van der Waals surface area (Å²) < 4.78 is 10.6. The van der Waals surface area contributed by atoms with Gasteiger partial charge in [-0.05, 0) is 25.2 Å². The van der Waals surface area contributed by atoms with Crippen LogP contribution in [0.25, 0.3) is 10.6 Å². The first-order chi connectivity index (χ1) is 19.8. The summed E-state index contributed by atoms with van der Waals surface area (Å²) in [6.45, 7) is 4.09. The van der Waals surface area contributed by atoms with Crippen LogP contribution < -0.4 is 5.32 Å². The lowest BCUT2D eigenvalue weighted by molar-refractivity contribution is -0.138. The number of benzene rings is 1. The number of unbranched alkanes of at least 4 members (excludes halogenated alkanes) is 1. The maximum Gasteiger partial charge on any atom is 0.409 e. The van der Waals surface area contributed by atoms with Gasteiger partial charge in [0.25, 0.3) is 5.91 Å². The summed E-state index contributed by atoms with van der Waals surface area (Å²) >= 11 is 1.47. The number of carboxylic acids is 1. The van der Waals surface area contributed by atoms with Gasteiger partial charge >= 0.3 is 12.1 Å². The summed E-state index contributed by atoms with van der Waals surface area (Å²) in [7, 11) is 1.65. The van der Waals surface area contributed by atoms with Crippen LogP contribution in [0, 0.1) is 5.92 Å². The van der Waals surface area contributed by atoms with E-state index in [2.05, 4.69) is 10.3 Å². The van der Waals surface area contributed by atoms with Crippen LogP contribution >= 0.6 is 11.3 Å². The van der Waals surface area contributed by atoms with E-state index in [1.165, 1.54) is 11.3 Å². The highest BCUT2D eigenvalue weighted by atomic mass is 32.1. The fourth-order valence-electron chi connectivity index (χ4n) is 4.89. The van der Waals surface area contributed by atoms with Gasteiger partial charge in [0, 0.05) is 62.7 Å². The van der Waals surface area contributed by atoms with Crippen molar-refractivity contribution in [1.29, 1.82) is 0 Å². The third kappa shape index (κ3) is 8.04. The second-order valence-electron chi connectivity index (χ2n) is 10.4. The molecule has 2 N–H and O–H groups in total. The maximum absolute atomic E-state index is 13.6. The SMILES string of the molecule is CCCCOC(=O)N1CCN(C(=O)C(CCC(=O)O)NC(=O)c2nc(-c3ccccc3)sc2[C@H]2C[C@@H]2COC)CC1. The van der Waals surface area contributed by atoms with Crippen LogP contribution in [0.4, 0.5) is 4.79 Å². The summed E-state index contributed by atoms with van der Waals surface area (Å²) in [4.78, 5) is 59.5. The molecule has 3 amide bonds. The summed E-state index contributed by atoms with van der Waals surface area (Å²) in [5.74, 6) is -1.49. The van der Waals surface area contributed by atoms with Gasteiger partial charge in [-0.1, -0.05) is 43.7 Å². The molecule has 12 heteroatoms. The van der Waals surface area contributed by atoms with Crippen molar-refractivity contribution in [2.75, 3.05) is 46.5 Å². The van der Waals surface area contributed by atoms with Crippen LogP contribution in [-0.2, 0) is 19.1 Å². The minimum absolute atomic E-state index is 0.0556. The molecule has 41 heavy (non-hydrogen) atoms. The smallest absolute Gasteiger partial charge is 0.409 e. The zero-order valence-electron chi connectivity index (χ0n) is 23.5. The molecule has 2 heterocycles. The molecule has 2 fully saturated rings. The van der Waals surface area contributed by atoms with Crippen LogP contribution in [0.2, 0.25) is 0 Å². The Bertz CT molecular complexity index is 1210. The normalized spacial score (nSPS) is 19.0. The van der Waals surface area contributed by atoms with Crippen molar-refractivity contribution in [2.45, 2.75) is 51.0 Å². The van der Waals surface area contributed by atoms with Crippen LogP contribution in [0.3, 0.4) is 0 Å². The topological polar surface area (TPSA) is 138 Å². The molecule has 11 nitrogen and oxygen atoms in total. The second-order valence-corrected chi connectivity index (χ2v) is 11.4. The molecule has 1 saturated carbocycles. The molecule has 1 aromatic heterocycles. The van der Waals surface area contributed by atoms with E-state index < -0.39 is 24.0 Å². The van der Waals surface area contributed by atoms with Crippen molar-refractivity contribution in [3.8, 4) is 10.6 Å². The van der Waals surface area contributed by atoms with Gasteiger partial charge in [-0.15, -0.1) is 11.3 Å². The predicted molar refractivity (Wildman–Crippen MR) is 153 cm³/mol. The number of hydrogen-bond acceptors (Lipinski definition) is 8. The molecule has 1 aromatic carbocycles. The van der Waals surface area contributed by atoms with E-state index in [0.717, 1.165) is 29.7 Å². The zero-order valence-corrected chi connectivity index (χ0v) is 24.4. The molecule has 0 radical (unpaired) electrons. The summed E-state index contributed by atoms with van der Waals surface area (Å²) in [6.07, 6.45) is 1.85. The number of carbonyl (C=O) groups excluding carboxylic acids is 3. The van der Waals surface area contributed by atoms with E-state index in [4.69, 9.17) is 9.47 Å². The summed E-state index contributed by atoms with van der Waals surface area (Å²) in [5.41, 5.74) is 1.16. The van der Waals surface area contributed by atoms with Crippen LogP contribution in [0.5, 0.6) is 0 Å². The first kappa shape index (κ1) is 30.4. The second kappa shape index (κ2) is 14.4. The molecule has 4 rings (SSSR count). The number of nitrogens with one attached hydrogen (secondary N) is 1. The van der Waals surface area contributed by atoms with Gasteiger partial charge in [0.2, 0.25) is 5.91 Å². The van der Waals surface area contributed by atoms with Gasteiger partial charge in [0.05, 0.1) is 6.61 Å². The Balaban J connectivity index is 1.47. The number of ether oxygens (including phenoxy) is 2. The third-order valence-electron chi connectivity index (χ3n) is 7.35. The molecule has 3 atom stereocenters. The maximum atomic E-state index is 13.6. The lowest BCUT2D eigenvalue weighted by Crippen LogP contribution is -2.56. The fourth-order valence-corrected chi connectivity index (χ4v) is 6.17. The molecule has 1 aliphatic heterocycles. The number of nitrogens with zero attached hydrogens (tertiary/aromatic N) is 3. The first-order valence-corrected chi connectivity index (χ1v) is 14.9. The monoisotopic (exact) mass is 586 g/mol. The van der Waals surface area contributed by atoms with Crippen molar-refractivity contribution < 1.29 is 33.8 Å². The summed E-state index contributed by atoms with van der Waals surface area (Å²) in [5, 5.41) is 12.8. The number of amides is 3. The fraction of sp³-hybridized carbons (Fsp3) is 0.552. The number of hydrogen-bond donors (Lipinski definition) is 2. The quantitative estimate of drug-likeness (QED) is 0.340. The Kier molecular flexibility index (Phi) is 10.7. The van der Waals surface area contributed by atoms with Gasteiger partial charge in [-0.25, -0.2) is 9.78 Å². The lowest BCUT2D eigenvalue weighted by atomic mass is 10.1. The number of rotatable bonds is 13. The Morgan fingerprint density at radius 1 is 1.12 bits per heavy atom. The number of carbonyl (C=O) groups is 4. The standard InChI is InChI=1S/C29H38N4O7S/c1-3-4-16-40-29(38)33-14-12-32(13-15-33)28(37)22(10-11-23(34)35)30-26(36)24-25(21-17-20(21)18-39-2)41-27(31-24)19-8-6-5-7-9-19/h5-9,20-22H,3-4,10-18H2,1-2H3,(H,30,36)(H,34,35)/t20-,21+,22?/m1/s1. The molecular formula is C29H38N4O7S. The Morgan fingerprint density at radius 3 is 2.49 bits per heavy atom. The van der Waals surface area contributed by atoms with E-state index in [1.54, 1.807) is 16.9 Å². The van der Waals surface area contributed by atoms with Crippen LogP contribution in [0.1, 0.15) is 60.3 Å². The molecule has 2 aromatic rings. The Hall–Kier alpha value is -3.51. The number of methoxy groups -OCH3 is 1. The van der Waals surface area contributed by atoms with Crippen LogP contribution in [-0.4, -0.2) is 96.3 Å². The number of carboxylic acid groups (broad SMARTS) is 1. The number of piperazine rings is 1. The zero-order chi connectivity index (χ0) is 29.4. The summed E-state index contributed by atoms with van der Waals surface area (Å²) in [6, 6.07) is 8.56. The molecule has 1 unspecified atom stereocenters. The molecule has 222 valence electrons. The molecule has 2 aliphatic rings. The molecule has 0 bridgehead atoms. The number of aliphatic carboxylic acids is 1. The van der Waals surface area contributed by atoms with Gasteiger partial charge in [0.15, 0.2) is 0 Å². The van der Waals surface area contributed by atoms with Crippen molar-refractivity contribution in [3.63, 3.8) is 0 Å². The molecule has 1 aliphatic carbocycles. The van der Waals surface area contributed by atoms with Crippen molar-refractivity contribution in [2.24, 2.45) is 5.92 Å². The van der Waals surface area contributed by atoms with Gasteiger partial charge in [-0.2, -0.15) is 0 Å². The third-order valence-corrected chi connectivity index (χ3v) is 8.59. The van der Waals surface area contributed by atoms with Crippen molar-refractivity contribution >= 4 is 35.2 Å². The van der Waals surface area contributed by atoms with Gasteiger partial charge < -0.3 is 29.7 Å². The largest absolute Gasteiger partial charge is 0.481 e. The number of thiazole rings is 1. The van der Waals surface area contributed by atoms with Gasteiger partial charge in [-0.3, -0.25) is 14.4 Å². The predicted octanol–water partition coefficient (Wildman–Crippen LogP) is 3.60. The van der Waals surface area contributed by atoms with Gasteiger partial charge in [0.1, 0.15) is 16.7 Å². The van der Waals surface area contributed by atoms with E-state index in [9.17, 15) is 24.3 Å². The highest BCUT2D eigenvalue weighted by Gasteiger charge is 2.43. The van der Waals surface area contributed by atoms with E-state index in [0.29, 0.717) is 37.2 Å². The van der Waals surface area contributed by atoms with E-state index in [1.807, 2.05) is 37.3 Å². The number of aromatic nitrogens is 1. The Morgan fingerprint density at radius 2 is 1.83 bits per heavy atom. The molecular weight excluding hydrogens is 548 g/mol. The lowest BCUT2D eigenvalue weighted by Gasteiger charge is -2.36. The molecule has 1 saturated heterocycles. The Labute approximate surface area is 243 Å². The minimum atomic E-state index is -1.06. The van der Waals surface area contributed by atoms with Crippen LogP contribution in [0.15, 0.2) is 30.3 Å². The van der Waals surface area contributed by atoms with E-state index in [-0.39, 0.29) is 43.5 Å². The first-order valence-electron chi connectivity index (χ1n) is 14.1. The molecule has 0 spiro atoms. The minimum Gasteiger partial charge on any atom is -0.481 e.